The lowest BCUT2D eigenvalue weighted by atomic mass is 10.1. The highest BCUT2D eigenvalue weighted by Gasteiger charge is 2.16. The lowest BCUT2D eigenvalue weighted by Gasteiger charge is -2.18. The zero-order valence-corrected chi connectivity index (χ0v) is 16.2. The Kier molecular flexibility index (Phi) is 5.68. The van der Waals surface area contributed by atoms with Crippen LogP contribution >= 0.6 is 22.9 Å². The molecule has 0 saturated carbocycles. The van der Waals surface area contributed by atoms with E-state index in [0.717, 1.165) is 11.3 Å². The normalized spacial score (nSPS) is 11.0. The molecule has 0 fully saturated rings. The van der Waals surface area contributed by atoms with Gasteiger partial charge in [-0.15, -0.1) is 11.3 Å². The summed E-state index contributed by atoms with van der Waals surface area (Å²) in [7, 11) is 0. The first-order chi connectivity index (χ1) is 12.5. The quantitative estimate of drug-likeness (QED) is 0.649. The van der Waals surface area contributed by atoms with Crippen molar-refractivity contribution in [3.63, 3.8) is 0 Å². The maximum absolute atomic E-state index is 12.4. The Morgan fingerprint density at radius 3 is 2.69 bits per heavy atom. The number of hydrogen-bond acceptors (Lipinski definition) is 5. The van der Waals surface area contributed by atoms with Crippen molar-refractivity contribution in [1.82, 2.24) is 19.5 Å². The Morgan fingerprint density at radius 2 is 2.00 bits per heavy atom. The van der Waals surface area contributed by atoms with Crippen LogP contribution in [0.1, 0.15) is 30.8 Å². The molecule has 3 rings (SSSR count). The van der Waals surface area contributed by atoms with Crippen LogP contribution in [0.5, 0.6) is 0 Å². The second kappa shape index (κ2) is 7.97. The van der Waals surface area contributed by atoms with Gasteiger partial charge in [-0.1, -0.05) is 29.8 Å². The van der Waals surface area contributed by atoms with Gasteiger partial charge >= 0.3 is 0 Å². The second-order valence-corrected chi connectivity index (χ2v) is 7.04. The van der Waals surface area contributed by atoms with Crippen molar-refractivity contribution in [2.45, 2.75) is 26.7 Å². The monoisotopic (exact) mass is 390 g/mol. The van der Waals surface area contributed by atoms with Crippen molar-refractivity contribution >= 4 is 33.8 Å². The standard InChI is InChI=1S/C18H19ClN4O2S/c1-3-22(4-2)16(24)10-13-11-26-18-20-17(25)15(21-23(13)18)9-12-7-5-6-8-14(12)19/h5-8,11H,3-4,9-10H2,1-2H3. The summed E-state index contributed by atoms with van der Waals surface area (Å²) in [6, 6.07) is 7.34. The summed E-state index contributed by atoms with van der Waals surface area (Å²) in [4.78, 5) is 31.0. The second-order valence-electron chi connectivity index (χ2n) is 5.80. The van der Waals surface area contributed by atoms with Gasteiger partial charge in [0.15, 0.2) is 0 Å². The molecule has 0 spiro atoms. The summed E-state index contributed by atoms with van der Waals surface area (Å²) >= 11 is 7.49. The first-order valence-corrected chi connectivity index (χ1v) is 9.66. The Hall–Kier alpha value is -2.25. The van der Waals surface area contributed by atoms with Crippen molar-refractivity contribution in [2.24, 2.45) is 0 Å². The molecule has 0 N–H and O–H groups in total. The first kappa shape index (κ1) is 18.5. The van der Waals surface area contributed by atoms with E-state index in [-0.39, 0.29) is 17.9 Å². The van der Waals surface area contributed by atoms with E-state index in [4.69, 9.17) is 11.6 Å². The van der Waals surface area contributed by atoms with Gasteiger partial charge in [0.1, 0.15) is 5.69 Å². The molecule has 0 aliphatic carbocycles. The number of amides is 1. The van der Waals surface area contributed by atoms with Crippen LogP contribution in [0.2, 0.25) is 5.02 Å². The number of nitrogens with zero attached hydrogens (tertiary/aromatic N) is 4. The Balaban J connectivity index is 1.95. The molecular weight excluding hydrogens is 372 g/mol. The lowest BCUT2D eigenvalue weighted by Crippen LogP contribution is -2.32. The summed E-state index contributed by atoms with van der Waals surface area (Å²) in [5.41, 5.74) is 1.49. The molecule has 0 unspecified atom stereocenters. The highest BCUT2D eigenvalue weighted by atomic mass is 35.5. The molecule has 26 heavy (non-hydrogen) atoms. The van der Waals surface area contributed by atoms with Gasteiger partial charge in [-0.3, -0.25) is 9.59 Å². The SMILES string of the molecule is CCN(CC)C(=O)Cc1csc2nc(=O)c(Cc3ccccc3Cl)nn12. The zero-order valence-electron chi connectivity index (χ0n) is 14.6. The Labute approximate surface area is 160 Å². The molecule has 1 aromatic carbocycles. The summed E-state index contributed by atoms with van der Waals surface area (Å²) in [6.07, 6.45) is 0.526. The van der Waals surface area contributed by atoms with E-state index >= 15 is 0 Å². The molecule has 0 aliphatic heterocycles. The van der Waals surface area contributed by atoms with E-state index in [0.29, 0.717) is 35.2 Å². The van der Waals surface area contributed by atoms with Crippen LogP contribution < -0.4 is 5.56 Å². The van der Waals surface area contributed by atoms with Gasteiger partial charge in [0, 0.05) is 29.9 Å². The van der Waals surface area contributed by atoms with Gasteiger partial charge in [0.25, 0.3) is 5.56 Å². The van der Waals surface area contributed by atoms with Gasteiger partial charge in [0.05, 0.1) is 12.1 Å². The molecule has 6 nitrogen and oxygen atoms in total. The third kappa shape index (κ3) is 3.78. The fourth-order valence-electron chi connectivity index (χ4n) is 2.73. The zero-order chi connectivity index (χ0) is 18.7. The van der Waals surface area contributed by atoms with Crippen LogP contribution in [-0.2, 0) is 17.6 Å². The van der Waals surface area contributed by atoms with Crippen molar-refractivity contribution < 1.29 is 4.79 Å². The number of carbonyl (C=O) groups is 1. The molecule has 0 aliphatic rings. The molecule has 0 bridgehead atoms. The molecule has 2 heterocycles. The predicted molar refractivity (Wildman–Crippen MR) is 103 cm³/mol. The van der Waals surface area contributed by atoms with E-state index in [1.54, 1.807) is 15.5 Å². The van der Waals surface area contributed by atoms with Gasteiger partial charge in [-0.2, -0.15) is 10.1 Å². The number of benzene rings is 1. The van der Waals surface area contributed by atoms with E-state index in [2.05, 4.69) is 10.1 Å². The number of hydrogen-bond donors (Lipinski definition) is 0. The fourth-order valence-corrected chi connectivity index (χ4v) is 3.75. The van der Waals surface area contributed by atoms with Crippen molar-refractivity contribution in [2.75, 3.05) is 13.1 Å². The molecule has 8 heteroatoms. The minimum atomic E-state index is -0.367. The maximum atomic E-state index is 12.4. The number of fused-ring (bicyclic) bond motifs is 1. The van der Waals surface area contributed by atoms with Crippen LogP contribution in [0, 0.1) is 0 Å². The molecule has 0 radical (unpaired) electrons. The average Bonchev–Trinajstić information content (AvgIpc) is 3.00. The topological polar surface area (TPSA) is 67.6 Å². The number of rotatable bonds is 6. The van der Waals surface area contributed by atoms with E-state index < -0.39 is 0 Å². The third-order valence-electron chi connectivity index (χ3n) is 4.18. The molecule has 3 aromatic rings. The van der Waals surface area contributed by atoms with Crippen molar-refractivity contribution in [3.8, 4) is 0 Å². The Bertz CT molecular complexity index is 994. The summed E-state index contributed by atoms with van der Waals surface area (Å²) in [6.45, 7) is 5.23. The molecule has 0 saturated heterocycles. The molecule has 1 amide bonds. The largest absolute Gasteiger partial charge is 0.343 e. The van der Waals surface area contributed by atoms with Gasteiger partial charge in [0.2, 0.25) is 10.9 Å². The predicted octanol–water partition coefficient (Wildman–Crippen LogP) is 2.81. The minimum Gasteiger partial charge on any atom is -0.343 e. The molecule has 2 aromatic heterocycles. The summed E-state index contributed by atoms with van der Waals surface area (Å²) in [5.74, 6) is 0.0304. The first-order valence-electron chi connectivity index (χ1n) is 8.41. The van der Waals surface area contributed by atoms with Crippen LogP contribution in [-0.4, -0.2) is 38.5 Å². The average molecular weight is 391 g/mol. The minimum absolute atomic E-state index is 0.0304. The van der Waals surface area contributed by atoms with E-state index in [1.165, 1.54) is 11.3 Å². The number of aromatic nitrogens is 3. The molecule has 0 atom stereocenters. The van der Waals surface area contributed by atoms with Crippen LogP contribution in [0.15, 0.2) is 34.4 Å². The number of likely N-dealkylation sites (N-methyl/N-ethyl adjacent to an activating group) is 1. The molecule has 136 valence electrons. The maximum Gasteiger partial charge on any atom is 0.296 e. The van der Waals surface area contributed by atoms with Crippen molar-refractivity contribution in [1.29, 1.82) is 0 Å². The lowest BCUT2D eigenvalue weighted by molar-refractivity contribution is -0.130. The molecular formula is C18H19ClN4O2S. The van der Waals surface area contributed by atoms with Gasteiger partial charge in [-0.05, 0) is 25.5 Å². The summed E-state index contributed by atoms with van der Waals surface area (Å²) in [5, 5.41) is 6.87. The van der Waals surface area contributed by atoms with Gasteiger partial charge < -0.3 is 4.90 Å². The summed E-state index contributed by atoms with van der Waals surface area (Å²) < 4.78 is 1.60. The highest BCUT2D eigenvalue weighted by molar-refractivity contribution is 7.15. The van der Waals surface area contributed by atoms with Crippen LogP contribution in [0.4, 0.5) is 0 Å². The van der Waals surface area contributed by atoms with Gasteiger partial charge in [-0.25, -0.2) is 4.52 Å². The number of carbonyl (C=O) groups excluding carboxylic acids is 1. The number of halogens is 1. The highest BCUT2D eigenvalue weighted by Crippen LogP contribution is 2.18. The fraction of sp³-hybridized carbons (Fsp3) is 0.333. The smallest absolute Gasteiger partial charge is 0.296 e. The van der Waals surface area contributed by atoms with E-state index in [1.807, 2.05) is 37.4 Å². The van der Waals surface area contributed by atoms with Crippen molar-refractivity contribution in [3.05, 3.63) is 62.0 Å². The van der Waals surface area contributed by atoms with Crippen LogP contribution in [0.25, 0.3) is 4.96 Å². The Morgan fingerprint density at radius 1 is 1.27 bits per heavy atom. The van der Waals surface area contributed by atoms with E-state index in [9.17, 15) is 9.59 Å². The third-order valence-corrected chi connectivity index (χ3v) is 5.42. The van der Waals surface area contributed by atoms with Crippen LogP contribution in [0.3, 0.4) is 0 Å². The number of thiazole rings is 1.